The van der Waals surface area contributed by atoms with Crippen LogP contribution >= 0.6 is 11.8 Å². The van der Waals surface area contributed by atoms with E-state index in [0.29, 0.717) is 16.7 Å². The SMILES string of the molecule is Cc1ccccc1-n1c(SCC(=O)N2CCN(C(=O)c3cc([N+](=O)[O-])cc([N+](=O)[O-])c3)C(C)C2)nnc1-c1ccco1. The first kappa shape index (κ1) is 28.5. The molecule has 1 atom stereocenters. The fourth-order valence-corrected chi connectivity index (χ4v) is 5.61. The van der Waals surface area contributed by atoms with E-state index in [4.69, 9.17) is 4.42 Å². The third-order valence-corrected chi connectivity index (χ3v) is 7.78. The van der Waals surface area contributed by atoms with Crippen LogP contribution in [0.5, 0.6) is 0 Å². The van der Waals surface area contributed by atoms with Crippen molar-refractivity contribution >= 4 is 35.0 Å². The number of non-ortho nitro benzene ring substituents is 2. The minimum Gasteiger partial charge on any atom is -0.461 e. The number of thioether (sulfide) groups is 1. The van der Waals surface area contributed by atoms with Crippen LogP contribution < -0.4 is 0 Å². The predicted octanol–water partition coefficient (Wildman–Crippen LogP) is 4.12. The number of aryl methyl sites for hydroxylation is 1. The molecule has 4 aromatic rings. The summed E-state index contributed by atoms with van der Waals surface area (Å²) in [5, 5.41) is 31.7. The van der Waals surface area contributed by atoms with Crippen LogP contribution in [0.2, 0.25) is 0 Å². The van der Waals surface area contributed by atoms with Crippen LogP contribution in [0, 0.1) is 27.2 Å². The monoisotopic (exact) mass is 591 g/mol. The Labute approximate surface area is 243 Å². The number of aromatic nitrogens is 3. The number of benzene rings is 2. The van der Waals surface area contributed by atoms with Crippen molar-refractivity contribution in [3.8, 4) is 17.3 Å². The number of nitro groups is 2. The molecule has 0 spiro atoms. The van der Waals surface area contributed by atoms with Crippen molar-refractivity contribution in [1.29, 1.82) is 0 Å². The lowest BCUT2D eigenvalue weighted by atomic mass is 10.1. The minimum atomic E-state index is -0.779. The van der Waals surface area contributed by atoms with Gasteiger partial charge in [0.25, 0.3) is 17.3 Å². The van der Waals surface area contributed by atoms with Gasteiger partial charge in [-0.15, -0.1) is 10.2 Å². The molecule has 1 aliphatic heterocycles. The van der Waals surface area contributed by atoms with Gasteiger partial charge in [0.05, 0.1) is 39.2 Å². The summed E-state index contributed by atoms with van der Waals surface area (Å²) in [7, 11) is 0. The van der Waals surface area contributed by atoms with E-state index in [1.165, 1.54) is 16.7 Å². The molecule has 2 amide bonds. The molecule has 5 rings (SSSR count). The number of amides is 2. The molecule has 1 unspecified atom stereocenters. The third-order valence-electron chi connectivity index (χ3n) is 6.87. The maximum absolute atomic E-state index is 13.2. The lowest BCUT2D eigenvalue weighted by Crippen LogP contribution is -2.55. The van der Waals surface area contributed by atoms with Crippen molar-refractivity contribution in [1.82, 2.24) is 24.6 Å². The quantitative estimate of drug-likeness (QED) is 0.165. The Bertz CT molecular complexity index is 1640. The molecular weight excluding hydrogens is 566 g/mol. The van der Waals surface area contributed by atoms with Crippen molar-refractivity contribution in [3.63, 3.8) is 0 Å². The largest absolute Gasteiger partial charge is 0.461 e. The molecule has 2 aromatic heterocycles. The molecule has 0 radical (unpaired) electrons. The van der Waals surface area contributed by atoms with Gasteiger partial charge in [-0.25, -0.2) is 0 Å². The van der Waals surface area contributed by atoms with Crippen LogP contribution in [0.25, 0.3) is 17.3 Å². The number of furan rings is 1. The molecule has 1 fully saturated rings. The van der Waals surface area contributed by atoms with Gasteiger partial charge in [-0.1, -0.05) is 30.0 Å². The normalized spacial score (nSPS) is 15.0. The van der Waals surface area contributed by atoms with Gasteiger partial charge >= 0.3 is 0 Å². The maximum Gasteiger partial charge on any atom is 0.277 e. The third kappa shape index (κ3) is 5.72. The first-order valence-corrected chi connectivity index (χ1v) is 13.8. The first-order chi connectivity index (χ1) is 20.1. The van der Waals surface area contributed by atoms with E-state index in [0.717, 1.165) is 29.4 Å². The highest BCUT2D eigenvalue weighted by Gasteiger charge is 2.32. The van der Waals surface area contributed by atoms with Gasteiger partial charge in [0.15, 0.2) is 10.9 Å². The minimum absolute atomic E-state index is 0.0694. The van der Waals surface area contributed by atoms with Gasteiger partial charge in [0.1, 0.15) is 0 Å². The van der Waals surface area contributed by atoms with Gasteiger partial charge < -0.3 is 14.2 Å². The van der Waals surface area contributed by atoms with Crippen LogP contribution in [-0.2, 0) is 4.79 Å². The predicted molar refractivity (Wildman–Crippen MR) is 151 cm³/mol. The molecule has 0 bridgehead atoms. The molecule has 42 heavy (non-hydrogen) atoms. The summed E-state index contributed by atoms with van der Waals surface area (Å²) in [6.07, 6.45) is 1.55. The topological polar surface area (TPSA) is 171 Å². The number of para-hydroxylation sites is 1. The summed E-state index contributed by atoms with van der Waals surface area (Å²) >= 11 is 1.23. The number of nitro benzene ring substituents is 2. The van der Waals surface area contributed by atoms with Crippen molar-refractivity contribution in [3.05, 3.63) is 92.2 Å². The highest BCUT2D eigenvalue weighted by atomic mass is 32.2. The number of piperazine rings is 1. The standard InChI is InChI=1S/C27H25N7O7S/c1-17-6-3-4-7-22(17)32-25(23-8-5-11-41-23)28-29-27(32)42-16-24(35)30-9-10-31(18(2)15-30)26(36)19-12-20(33(37)38)14-21(13-19)34(39)40/h3-8,11-14,18H,9-10,15-16H2,1-2H3. The van der Waals surface area contributed by atoms with Gasteiger partial charge in [-0.05, 0) is 37.6 Å². The van der Waals surface area contributed by atoms with Crippen molar-refractivity contribution in [2.24, 2.45) is 0 Å². The van der Waals surface area contributed by atoms with Gasteiger partial charge in [-0.3, -0.25) is 34.4 Å². The van der Waals surface area contributed by atoms with E-state index in [1.807, 2.05) is 35.8 Å². The number of nitrogens with zero attached hydrogens (tertiary/aromatic N) is 7. The first-order valence-electron chi connectivity index (χ1n) is 12.8. The zero-order valence-electron chi connectivity index (χ0n) is 22.6. The molecule has 2 aromatic carbocycles. The fraction of sp³-hybridized carbons (Fsp3) is 0.259. The second kappa shape index (κ2) is 11.8. The van der Waals surface area contributed by atoms with Gasteiger partial charge in [0.2, 0.25) is 11.7 Å². The zero-order valence-corrected chi connectivity index (χ0v) is 23.4. The van der Waals surface area contributed by atoms with Gasteiger partial charge in [0, 0.05) is 37.8 Å². The lowest BCUT2D eigenvalue weighted by Gasteiger charge is -2.39. The van der Waals surface area contributed by atoms with Crippen molar-refractivity contribution < 1.29 is 23.9 Å². The second-order valence-corrected chi connectivity index (χ2v) is 10.6. The van der Waals surface area contributed by atoms with E-state index in [9.17, 15) is 29.8 Å². The van der Waals surface area contributed by atoms with E-state index in [1.54, 1.807) is 30.2 Å². The molecular formula is C27H25N7O7S. The summed E-state index contributed by atoms with van der Waals surface area (Å²) in [6, 6.07) is 13.7. The summed E-state index contributed by atoms with van der Waals surface area (Å²) in [5.41, 5.74) is 0.605. The molecule has 15 heteroatoms. The zero-order chi connectivity index (χ0) is 30.0. The molecule has 14 nitrogen and oxygen atoms in total. The Hall–Kier alpha value is -5.05. The van der Waals surface area contributed by atoms with Crippen LogP contribution in [0.1, 0.15) is 22.8 Å². The van der Waals surface area contributed by atoms with Crippen molar-refractivity contribution in [2.75, 3.05) is 25.4 Å². The van der Waals surface area contributed by atoms with Crippen LogP contribution in [-0.4, -0.2) is 77.7 Å². The number of hydrogen-bond donors (Lipinski definition) is 0. The van der Waals surface area contributed by atoms with Gasteiger partial charge in [-0.2, -0.15) is 0 Å². The second-order valence-electron chi connectivity index (χ2n) is 9.63. The fourth-order valence-electron chi connectivity index (χ4n) is 4.76. The molecule has 1 saturated heterocycles. The Morgan fingerprint density at radius 2 is 1.74 bits per heavy atom. The Balaban J connectivity index is 1.28. The lowest BCUT2D eigenvalue weighted by molar-refractivity contribution is -0.394. The Morgan fingerprint density at radius 1 is 1.02 bits per heavy atom. The highest BCUT2D eigenvalue weighted by molar-refractivity contribution is 7.99. The molecule has 0 aliphatic carbocycles. The summed E-state index contributed by atoms with van der Waals surface area (Å²) < 4.78 is 7.41. The average molecular weight is 592 g/mol. The van der Waals surface area contributed by atoms with Crippen LogP contribution in [0.15, 0.2) is 70.4 Å². The number of hydrogen-bond acceptors (Lipinski definition) is 10. The van der Waals surface area contributed by atoms with Crippen LogP contribution in [0.4, 0.5) is 11.4 Å². The highest BCUT2D eigenvalue weighted by Crippen LogP contribution is 2.30. The van der Waals surface area contributed by atoms with Crippen molar-refractivity contribution in [2.45, 2.75) is 25.0 Å². The summed E-state index contributed by atoms with van der Waals surface area (Å²) in [6.45, 7) is 4.34. The average Bonchev–Trinajstić information content (AvgIpc) is 3.66. The van der Waals surface area contributed by atoms with E-state index < -0.39 is 33.2 Å². The Morgan fingerprint density at radius 3 is 2.36 bits per heavy atom. The molecule has 0 N–H and O–H groups in total. The summed E-state index contributed by atoms with van der Waals surface area (Å²) in [4.78, 5) is 50.5. The molecule has 216 valence electrons. The molecule has 3 heterocycles. The Kier molecular flexibility index (Phi) is 8.01. The maximum atomic E-state index is 13.2. The van der Waals surface area contributed by atoms with E-state index in [2.05, 4.69) is 10.2 Å². The molecule has 1 aliphatic rings. The molecule has 0 saturated carbocycles. The number of carbonyl (C=O) groups is 2. The summed E-state index contributed by atoms with van der Waals surface area (Å²) in [5.74, 6) is 0.371. The van der Waals surface area contributed by atoms with Crippen LogP contribution in [0.3, 0.4) is 0 Å². The smallest absolute Gasteiger partial charge is 0.277 e. The van der Waals surface area contributed by atoms with E-state index >= 15 is 0 Å². The van der Waals surface area contributed by atoms with E-state index in [-0.39, 0.29) is 36.9 Å². The number of carbonyl (C=O) groups excluding carboxylic acids is 2. The number of rotatable bonds is 8.